The summed E-state index contributed by atoms with van der Waals surface area (Å²) in [7, 11) is 0. The molecule has 166 valence electrons. The van der Waals surface area contributed by atoms with E-state index >= 15 is 0 Å². The Morgan fingerprint density at radius 2 is 2.12 bits per heavy atom. The number of fused-ring (bicyclic) bond motifs is 3. The van der Waals surface area contributed by atoms with Gasteiger partial charge in [-0.2, -0.15) is 5.26 Å². The van der Waals surface area contributed by atoms with E-state index in [2.05, 4.69) is 13.0 Å². The Labute approximate surface area is 205 Å². The minimum Gasteiger partial charge on any atom is -0.268 e. The van der Waals surface area contributed by atoms with Gasteiger partial charge in [0.25, 0.3) is 5.56 Å². The summed E-state index contributed by atoms with van der Waals surface area (Å²) in [5.74, 6) is 1.17. The van der Waals surface area contributed by atoms with Crippen molar-refractivity contribution in [2.24, 2.45) is 5.92 Å². The molecule has 1 aliphatic rings. The van der Waals surface area contributed by atoms with Crippen molar-refractivity contribution in [3.63, 3.8) is 0 Å². The Balaban J connectivity index is 1.68. The highest BCUT2D eigenvalue weighted by molar-refractivity contribution is 7.98. The predicted molar refractivity (Wildman–Crippen MR) is 137 cm³/mol. The molecule has 1 atom stereocenters. The molecule has 2 heterocycles. The van der Waals surface area contributed by atoms with Crippen LogP contribution in [0.25, 0.3) is 15.9 Å². The van der Waals surface area contributed by atoms with Crippen LogP contribution in [-0.4, -0.2) is 9.55 Å². The minimum atomic E-state index is -0.0389. The lowest BCUT2D eigenvalue weighted by molar-refractivity contribution is 0.509. The van der Waals surface area contributed by atoms with Gasteiger partial charge < -0.3 is 0 Å². The Morgan fingerprint density at radius 1 is 1.30 bits per heavy atom. The molecular weight excluding hydrogens is 470 g/mol. The van der Waals surface area contributed by atoms with E-state index in [-0.39, 0.29) is 5.56 Å². The first kappa shape index (κ1) is 22.2. The number of thioether (sulfide) groups is 1. The third-order valence-corrected chi connectivity index (χ3v) is 8.75. The summed E-state index contributed by atoms with van der Waals surface area (Å²) in [6.07, 6.45) is 3.02. The van der Waals surface area contributed by atoms with Gasteiger partial charge in [0.05, 0.1) is 22.7 Å². The van der Waals surface area contributed by atoms with Crippen molar-refractivity contribution < 1.29 is 0 Å². The van der Waals surface area contributed by atoms with E-state index in [4.69, 9.17) is 16.6 Å². The number of benzene rings is 2. The second-order valence-electron chi connectivity index (χ2n) is 8.56. The van der Waals surface area contributed by atoms with Gasteiger partial charge in [0.2, 0.25) is 0 Å². The fourth-order valence-electron chi connectivity index (χ4n) is 4.31. The average Bonchev–Trinajstić information content (AvgIpc) is 3.17. The van der Waals surface area contributed by atoms with E-state index in [1.54, 1.807) is 15.9 Å². The number of nitrogens with zero attached hydrogens (tertiary/aromatic N) is 3. The Morgan fingerprint density at radius 3 is 2.91 bits per heavy atom. The third-order valence-electron chi connectivity index (χ3n) is 6.21. The summed E-state index contributed by atoms with van der Waals surface area (Å²) in [6, 6.07) is 15.5. The van der Waals surface area contributed by atoms with Crippen molar-refractivity contribution in [2.75, 3.05) is 0 Å². The fourth-order valence-corrected chi connectivity index (χ4v) is 6.93. The van der Waals surface area contributed by atoms with Crippen LogP contribution in [0.15, 0.2) is 52.4 Å². The predicted octanol–water partition coefficient (Wildman–Crippen LogP) is 6.70. The normalized spacial score (nSPS) is 15.4. The molecule has 2 aromatic heterocycles. The number of nitriles is 1. The van der Waals surface area contributed by atoms with Crippen LogP contribution in [0.5, 0.6) is 0 Å². The molecule has 0 fully saturated rings. The van der Waals surface area contributed by atoms with Gasteiger partial charge in [0.1, 0.15) is 4.83 Å². The second kappa shape index (κ2) is 8.98. The lowest BCUT2D eigenvalue weighted by Gasteiger charge is -2.18. The second-order valence-corrected chi connectivity index (χ2v) is 11.0. The zero-order valence-electron chi connectivity index (χ0n) is 18.4. The van der Waals surface area contributed by atoms with Gasteiger partial charge in [-0.25, -0.2) is 4.98 Å². The lowest BCUT2D eigenvalue weighted by Crippen LogP contribution is -2.22. The SMILES string of the molecule is Cc1ccc(-n2c(SCc3ccccc3C#N)nc3sc4c(c3c2=O)CCC(C)C4)cc1Cl. The number of rotatable bonds is 4. The minimum absolute atomic E-state index is 0.0389. The molecule has 0 amide bonds. The van der Waals surface area contributed by atoms with Gasteiger partial charge in [-0.05, 0) is 67.0 Å². The van der Waals surface area contributed by atoms with Crippen molar-refractivity contribution in [3.8, 4) is 11.8 Å². The monoisotopic (exact) mass is 491 g/mol. The van der Waals surface area contributed by atoms with Crippen LogP contribution in [0.1, 0.15) is 40.5 Å². The van der Waals surface area contributed by atoms with Crippen molar-refractivity contribution in [1.29, 1.82) is 5.26 Å². The molecule has 4 aromatic rings. The lowest BCUT2D eigenvalue weighted by atomic mass is 9.89. The van der Waals surface area contributed by atoms with Crippen molar-refractivity contribution in [3.05, 3.63) is 85.0 Å². The van der Waals surface area contributed by atoms with Gasteiger partial charge in [0.15, 0.2) is 5.16 Å². The smallest absolute Gasteiger partial charge is 0.267 e. The molecule has 0 radical (unpaired) electrons. The van der Waals surface area contributed by atoms with Crippen LogP contribution < -0.4 is 5.56 Å². The van der Waals surface area contributed by atoms with E-state index in [1.807, 2.05) is 49.4 Å². The Bertz CT molecular complexity index is 1480. The zero-order valence-corrected chi connectivity index (χ0v) is 20.8. The molecule has 33 heavy (non-hydrogen) atoms. The third kappa shape index (κ3) is 4.10. The van der Waals surface area contributed by atoms with Crippen molar-refractivity contribution >= 4 is 44.9 Å². The first-order valence-corrected chi connectivity index (χ1v) is 13.1. The van der Waals surface area contributed by atoms with Crippen molar-refractivity contribution in [1.82, 2.24) is 9.55 Å². The number of thiophene rings is 1. The first-order chi connectivity index (χ1) is 16.0. The molecule has 0 spiro atoms. The average molecular weight is 492 g/mol. The van der Waals surface area contributed by atoms with Gasteiger partial charge in [-0.15, -0.1) is 11.3 Å². The van der Waals surface area contributed by atoms with Crippen LogP contribution in [0.4, 0.5) is 0 Å². The highest BCUT2D eigenvalue weighted by Crippen LogP contribution is 2.37. The Hall–Kier alpha value is -2.59. The number of aryl methyl sites for hydroxylation is 2. The molecule has 2 aromatic carbocycles. The maximum absolute atomic E-state index is 13.9. The summed E-state index contributed by atoms with van der Waals surface area (Å²) in [6.45, 7) is 4.21. The maximum atomic E-state index is 13.9. The summed E-state index contributed by atoms with van der Waals surface area (Å²) in [5, 5.41) is 11.4. The summed E-state index contributed by atoms with van der Waals surface area (Å²) in [4.78, 5) is 21.0. The number of halogens is 1. The van der Waals surface area contributed by atoms with Crippen LogP contribution in [-0.2, 0) is 18.6 Å². The summed E-state index contributed by atoms with van der Waals surface area (Å²) in [5.41, 5.74) is 4.37. The molecule has 0 saturated heterocycles. The van der Waals surface area contributed by atoms with E-state index in [0.717, 1.165) is 40.6 Å². The number of aromatic nitrogens is 2. The largest absolute Gasteiger partial charge is 0.268 e. The Kier molecular flexibility index (Phi) is 6.05. The van der Waals surface area contributed by atoms with Crippen molar-refractivity contribution in [2.45, 2.75) is 44.0 Å². The number of hydrogen-bond donors (Lipinski definition) is 0. The molecule has 1 unspecified atom stereocenters. The molecule has 0 aliphatic heterocycles. The van der Waals surface area contributed by atoms with Crippen LogP contribution >= 0.6 is 34.7 Å². The van der Waals surface area contributed by atoms with Crippen LogP contribution in [0.3, 0.4) is 0 Å². The van der Waals surface area contributed by atoms with Gasteiger partial charge >= 0.3 is 0 Å². The molecule has 4 nitrogen and oxygen atoms in total. The van der Waals surface area contributed by atoms with Gasteiger partial charge in [-0.3, -0.25) is 9.36 Å². The number of hydrogen-bond acceptors (Lipinski definition) is 5. The zero-order chi connectivity index (χ0) is 23.1. The fraction of sp³-hybridized carbons (Fsp3) is 0.269. The summed E-state index contributed by atoms with van der Waals surface area (Å²) < 4.78 is 1.69. The molecule has 0 saturated carbocycles. The molecule has 5 rings (SSSR count). The first-order valence-electron chi connectivity index (χ1n) is 10.9. The molecule has 7 heteroatoms. The topological polar surface area (TPSA) is 58.7 Å². The molecule has 0 bridgehead atoms. The van der Waals surface area contributed by atoms with Gasteiger partial charge in [-0.1, -0.05) is 54.6 Å². The summed E-state index contributed by atoms with van der Waals surface area (Å²) >= 11 is 9.56. The highest BCUT2D eigenvalue weighted by Gasteiger charge is 2.25. The molecular formula is C26H22ClN3OS2. The molecule has 0 N–H and O–H groups in total. The highest BCUT2D eigenvalue weighted by atomic mass is 35.5. The van der Waals surface area contributed by atoms with E-state index < -0.39 is 0 Å². The standard InChI is InChI=1S/C26H22ClN3OS2/c1-15-7-10-20-22(11-15)33-24-23(20)25(31)30(19-9-8-16(2)21(27)12-19)26(29-24)32-14-18-6-4-3-5-17(18)13-28/h3-6,8-9,12,15H,7,10-11,14H2,1-2H3. The van der Waals surface area contributed by atoms with Crippen LogP contribution in [0, 0.1) is 24.2 Å². The quantitative estimate of drug-likeness (QED) is 0.235. The van der Waals surface area contributed by atoms with Gasteiger partial charge in [0, 0.05) is 15.7 Å². The molecule has 1 aliphatic carbocycles. The van der Waals surface area contributed by atoms with E-state index in [0.29, 0.717) is 33.1 Å². The maximum Gasteiger partial charge on any atom is 0.267 e. The van der Waals surface area contributed by atoms with E-state index in [1.165, 1.54) is 22.2 Å². The van der Waals surface area contributed by atoms with Crippen LogP contribution in [0.2, 0.25) is 5.02 Å². The van der Waals surface area contributed by atoms with E-state index in [9.17, 15) is 10.1 Å².